The van der Waals surface area contributed by atoms with E-state index in [1.807, 2.05) is 0 Å². The topological polar surface area (TPSA) is 73.1 Å². The second kappa shape index (κ2) is 8.79. The highest BCUT2D eigenvalue weighted by atomic mass is 32.1. The van der Waals surface area contributed by atoms with Crippen molar-refractivity contribution < 1.29 is 9.18 Å². The largest absolute Gasteiger partial charge is 0.354 e. The van der Waals surface area contributed by atoms with Gasteiger partial charge >= 0.3 is 5.69 Å². The smallest absolute Gasteiger partial charge is 0.336 e. The number of carbonyl (C=O) groups is 1. The molecule has 8 heteroatoms. The molecule has 0 saturated carbocycles. The van der Waals surface area contributed by atoms with Crippen molar-refractivity contribution in [3.05, 3.63) is 74.0 Å². The van der Waals surface area contributed by atoms with Crippen molar-refractivity contribution in [1.82, 2.24) is 14.5 Å². The fourth-order valence-corrected chi connectivity index (χ4v) is 4.60. The van der Waals surface area contributed by atoms with Gasteiger partial charge in [0.2, 0.25) is 5.91 Å². The summed E-state index contributed by atoms with van der Waals surface area (Å²) < 4.78 is 16.6. The first-order valence-electron chi connectivity index (χ1n) is 9.99. The second-order valence-corrected chi connectivity index (χ2v) is 8.22. The maximum Gasteiger partial charge on any atom is 0.336 e. The third-order valence-electron chi connectivity index (χ3n) is 5.30. The molecule has 1 aromatic carbocycles. The van der Waals surface area contributed by atoms with Crippen LogP contribution in [0.15, 0.2) is 57.0 Å². The van der Waals surface area contributed by atoms with Crippen LogP contribution in [-0.2, 0) is 11.3 Å². The third kappa shape index (κ3) is 4.00. The van der Waals surface area contributed by atoms with Crippen molar-refractivity contribution in [2.75, 3.05) is 6.54 Å². The van der Waals surface area contributed by atoms with Crippen LogP contribution in [0, 0.1) is 5.82 Å². The summed E-state index contributed by atoms with van der Waals surface area (Å²) in [6.45, 7) is 0.263. The Morgan fingerprint density at radius 3 is 2.77 bits per heavy atom. The lowest BCUT2D eigenvalue weighted by Gasteiger charge is -2.14. The number of nitrogens with one attached hydrogen (secondary N) is 1. The lowest BCUT2D eigenvalue weighted by molar-refractivity contribution is -0.121. The summed E-state index contributed by atoms with van der Waals surface area (Å²) in [5.41, 5.74) is 0.290. The Balaban J connectivity index is 1.62. The van der Waals surface area contributed by atoms with Gasteiger partial charge in [0.15, 0.2) is 0 Å². The molecule has 0 bridgehead atoms. The Labute approximate surface area is 176 Å². The minimum absolute atomic E-state index is 0.124. The molecule has 0 aliphatic heterocycles. The van der Waals surface area contributed by atoms with Gasteiger partial charge in [-0.25, -0.2) is 13.8 Å². The summed E-state index contributed by atoms with van der Waals surface area (Å²) in [4.78, 5) is 38.4. The molecule has 0 unspecified atom stereocenters. The Bertz CT molecular complexity index is 1240. The van der Waals surface area contributed by atoms with Crippen LogP contribution in [0.2, 0.25) is 0 Å². The Morgan fingerprint density at radius 2 is 2.00 bits per heavy atom. The molecule has 1 aliphatic carbocycles. The van der Waals surface area contributed by atoms with Gasteiger partial charge in [0.05, 0.1) is 11.2 Å². The van der Waals surface area contributed by atoms with Crippen molar-refractivity contribution in [3.63, 3.8) is 0 Å². The molecule has 1 aliphatic rings. The highest BCUT2D eigenvalue weighted by Gasteiger charge is 2.19. The molecule has 6 nitrogen and oxygen atoms in total. The predicted molar refractivity (Wildman–Crippen MR) is 116 cm³/mol. The highest BCUT2D eigenvalue weighted by molar-refractivity contribution is 7.17. The van der Waals surface area contributed by atoms with Crippen LogP contribution in [0.4, 0.5) is 4.39 Å². The molecule has 0 fully saturated rings. The number of hydrogen-bond donors (Lipinski definition) is 1. The molecule has 0 spiro atoms. The molecular weight excluding hydrogens is 405 g/mol. The van der Waals surface area contributed by atoms with Crippen LogP contribution in [0.25, 0.3) is 15.9 Å². The quantitative estimate of drug-likeness (QED) is 0.613. The molecule has 2 aromatic heterocycles. The zero-order valence-electron chi connectivity index (χ0n) is 16.4. The van der Waals surface area contributed by atoms with Crippen molar-refractivity contribution in [1.29, 1.82) is 0 Å². The number of nitrogens with zero attached hydrogens (tertiary/aromatic N) is 2. The number of allylic oxidation sites excluding steroid dienone is 1. The fourth-order valence-electron chi connectivity index (χ4n) is 3.78. The number of aromatic nitrogens is 2. The molecule has 156 valence electrons. The van der Waals surface area contributed by atoms with Crippen molar-refractivity contribution in [2.24, 2.45) is 0 Å². The summed E-state index contributed by atoms with van der Waals surface area (Å²) in [6, 6.07) is 7.24. The van der Waals surface area contributed by atoms with E-state index in [-0.39, 0.29) is 18.1 Å². The molecule has 1 amide bonds. The zero-order chi connectivity index (χ0) is 21.1. The SMILES string of the molecule is O=C(Cn1c(=O)n(-c2ccccc2F)c(=O)c2sccc21)NCCC1=CCCCC1. The van der Waals surface area contributed by atoms with Crippen molar-refractivity contribution in [3.8, 4) is 5.69 Å². The first kappa shape index (κ1) is 20.3. The number of fused-ring (bicyclic) bond motifs is 1. The maximum atomic E-state index is 14.3. The highest BCUT2D eigenvalue weighted by Crippen LogP contribution is 2.20. The molecule has 0 radical (unpaired) electrons. The fraction of sp³-hybridized carbons (Fsp3) is 0.318. The third-order valence-corrected chi connectivity index (χ3v) is 6.19. The van der Waals surface area contributed by atoms with E-state index in [1.165, 1.54) is 41.2 Å². The monoisotopic (exact) mass is 427 g/mol. The molecule has 0 saturated heterocycles. The average molecular weight is 428 g/mol. The van der Waals surface area contributed by atoms with Gasteiger partial charge in [0.1, 0.15) is 17.1 Å². The van der Waals surface area contributed by atoms with E-state index in [2.05, 4.69) is 11.4 Å². The van der Waals surface area contributed by atoms with Crippen LogP contribution in [0.5, 0.6) is 0 Å². The van der Waals surface area contributed by atoms with Gasteiger partial charge in [-0.3, -0.25) is 14.2 Å². The van der Waals surface area contributed by atoms with E-state index in [4.69, 9.17) is 0 Å². The van der Waals surface area contributed by atoms with Gasteiger partial charge in [0.25, 0.3) is 5.56 Å². The normalized spacial score (nSPS) is 14.0. The minimum atomic E-state index is -0.735. The number of benzene rings is 1. The summed E-state index contributed by atoms with van der Waals surface area (Å²) in [5.74, 6) is -0.996. The molecule has 30 heavy (non-hydrogen) atoms. The predicted octanol–water partition coefficient (Wildman–Crippen LogP) is 3.36. The van der Waals surface area contributed by atoms with Gasteiger partial charge in [0, 0.05) is 6.54 Å². The summed E-state index contributed by atoms with van der Waals surface area (Å²) in [6.07, 6.45) is 7.59. The molecule has 3 aromatic rings. The number of halogens is 1. The molecule has 2 heterocycles. The summed E-state index contributed by atoms with van der Waals surface area (Å²) in [5, 5.41) is 4.53. The number of carbonyl (C=O) groups excluding carboxylic acids is 1. The lowest BCUT2D eigenvalue weighted by Crippen LogP contribution is -2.41. The van der Waals surface area contributed by atoms with Gasteiger partial charge in [-0.2, -0.15) is 0 Å². The van der Waals surface area contributed by atoms with Crippen LogP contribution in [-0.4, -0.2) is 21.6 Å². The van der Waals surface area contributed by atoms with E-state index in [0.717, 1.165) is 35.2 Å². The van der Waals surface area contributed by atoms with Crippen molar-refractivity contribution in [2.45, 2.75) is 38.6 Å². The van der Waals surface area contributed by atoms with Crippen LogP contribution >= 0.6 is 11.3 Å². The van der Waals surface area contributed by atoms with Crippen LogP contribution < -0.4 is 16.6 Å². The van der Waals surface area contributed by atoms with E-state index >= 15 is 0 Å². The molecule has 4 rings (SSSR count). The minimum Gasteiger partial charge on any atom is -0.354 e. The van der Waals surface area contributed by atoms with Crippen LogP contribution in [0.3, 0.4) is 0 Å². The zero-order valence-corrected chi connectivity index (χ0v) is 17.2. The average Bonchev–Trinajstić information content (AvgIpc) is 3.23. The summed E-state index contributed by atoms with van der Waals surface area (Å²) in [7, 11) is 0. The Kier molecular flexibility index (Phi) is 5.94. The number of amides is 1. The molecule has 1 N–H and O–H groups in total. The number of hydrogen-bond acceptors (Lipinski definition) is 4. The first-order valence-corrected chi connectivity index (χ1v) is 10.9. The van der Waals surface area contributed by atoms with Gasteiger partial charge < -0.3 is 5.32 Å². The van der Waals surface area contributed by atoms with E-state index in [9.17, 15) is 18.8 Å². The number of rotatable bonds is 6. The van der Waals surface area contributed by atoms with Gasteiger partial charge in [-0.1, -0.05) is 23.8 Å². The summed E-state index contributed by atoms with van der Waals surface area (Å²) >= 11 is 1.16. The van der Waals surface area contributed by atoms with Crippen molar-refractivity contribution >= 4 is 27.5 Å². The lowest BCUT2D eigenvalue weighted by atomic mass is 9.97. The van der Waals surface area contributed by atoms with E-state index in [0.29, 0.717) is 16.8 Å². The maximum absolute atomic E-state index is 14.3. The standard InChI is InChI=1S/C22H22FN3O3S/c23-16-8-4-5-9-17(16)26-21(28)20-18(11-13-30-20)25(22(26)29)14-19(27)24-12-10-15-6-2-1-3-7-15/h4-6,8-9,11,13H,1-3,7,10,12,14H2,(H,24,27). The first-order chi connectivity index (χ1) is 14.6. The van der Waals surface area contributed by atoms with Crippen LogP contribution in [0.1, 0.15) is 32.1 Å². The van der Waals surface area contributed by atoms with E-state index in [1.54, 1.807) is 17.5 Å². The molecular formula is C22H22FN3O3S. The van der Waals surface area contributed by atoms with E-state index < -0.39 is 17.1 Å². The molecule has 0 atom stereocenters. The number of thiophene rings is 1. The van der Waals surface area contributed by atoms with Gasteiger partial charge in [-0.15, -0.1) is 11.3 Å². The Morgan fingerprint density at radius 1 is 1.17 bits per heavy atom. The van der Waals surface area contributed by atoms with Gasteiger partial charge in [-0.05, 0) is 55.7 Å². The Hall–Kier alpha value is -3.00. The number of para-hydroxylation sites is 1. The second-order valence-electron chi connectivity index (χ2n) is 7.30.